The maximum Gasteiger partial charge on any atom is 0.338 e. The third-order valence-electron chi connectivity index (χ3n) is 6.12. The van der Waals surface area contributed by atoms with E-state index in [2.05, 4.69) is 52.8 Å². The normalized spacial score (nSPS) is 20.9. The Bertz CT molecular complexity index is 710. The molecular weight excluding hydrogens is 324 g/mol. The molecule has 0 aliphatic heterocycles. The zero-order valence-electron chi connectivity index (χ0n) is 16.9. The van der Waals surface area contributed by atoms with Gasteiger partial charge in [0.25, 0.3) is 0 Å². The lowest BCUT2D eigenvalue weighted by Gasteiger charge is -2.31. The molecule has 1 aromatic carbocycles. The van der Waals surface area contributed by atoms with E-state index in [1.165, 1.54) is 5.57 Å². The lowest BCUT2D eigenvalue weighted by Crippen LogP contribution is -2.30. The standard InChI is InChI=1S/C23H32O3/c1-16-11-12-19(23(16,5)6)13-14-22(3,4)17(2)26-21(25)20-10-8-7-9-18(20)15-24/h7-11,13-14,17,19,24H,12,15H2,1-6H3/b14-13+/t17?,19-/m1/s1. The van der Waals surface area contributed by atoms with Crippen molar-refractivity contribution in [3.63, 3.8) is 0 Å². The van der Waals surface area contributed by atoms with Crippen molar-refractivity contribution in [2.45, 2.75) is 60.7 Å². The Labute approximate surface area is 157 Å². The molecule has 2 rings (SSSR count). The molecule has 2 atom stereocenters. The molecule has 0 bridgehead atoms. The van der Waals surface area contributed by atoms with E-state index in [4.69, 9.17) is 4.74 Å². The molecule has 0 saturated carbocycles. The number of rotatable bonds is 6. The van der Waals surface area contributed by atoms with Gasteiger partial charge in [-0.05, 0) is 43.2 Å². The number of aliphatic hydroxyl groups excluding tert-OH is 1. The van der Waals surface area contributed by atoms with Gasteiger partial charge in [0.15, 0.2) is 0 Å². The molecule has 1 aromatic rings. The number of esters is 1. The van der Waals surface area contributed by atoms with E-state index in [-0.39, 0.29) is 29.5 Å². The van der Waals surface area contributed by atoms with Crippen LogP contribution in [0.5, 0.6) is 0 Å². The monoisotopic (exact) mass is 356 g/mol. The average molecular weight is 357 g/mol. The van der Waals surface area contributed by atoms with E-state index in [1.54, 1.807) is 24.3 Å². The van der Waals surface area contributed by atoms with Crippen LogP contribution < -0.4 is 0 Å². The molecule has 0 radical (unpaired) electrons. The highest BCUT2D eigenvalue weighted by molar-refractivity contribution is 5.91. The van der Waals surface area contributed by atoms with Gasteiger partial charge in [-0.3, -0.25) is 0 Å². The Balaban J connectivity index is 2.07. The molecule has 1 N–H and O–H groups in total. The molecule has 142 valence electrons. The number of carbonyl (C=O) groups excluding carboxylic acids is 1. The quantitative estimate of drug-likeness (QED) is 0.556. The molecule has 1 aliphatic rings. The van der Waals surface area contributed by atoms with Crippen LogP contribution in [0.25, 0.3) is 0 Å². The zero-order valence-corrected chi connectivity index (χ0v) is 16.9. The number of hydrogen-bond donors (Lipinski definition) is 1. The number of aliphatic hydroxyl groups is 1. The fourth-order valence-electron chi connectivity index (χ4n) is 3.21. The highest BCUT2D eigenvalue weighted by Gasteiger charge is 2.34. The van der Waals surface area contributed by atoms with Crippen LogP contribution in [0.3, 0.4) is 0 Å². The summed E-state index contributed by atoms with van der Waals surface area (Å²) in [5.74, 6) is 0.0853. The topological polar surface area (TPSA) is 46.5 Å². The SMILES string of the molecule is CC1=CC[C@H](/C=C/C(C)(C)C(C)OC(=O)c2ccccc2CO)C1(C)C. The Hall–Kier alpha value is -1.87. The second-order valence-electron chi connectivity index (χ2n) is 8.49. The maximum atomic E-state index is 12.5. The molecular formula is C23H32O3. The lowest BCUT2D eigenvalue weighted by atomic mass is 9.76. The maximum absolute atomic E-state index is 12.5. The minimum Gasteiger partial charge on any atom is -0.458 e. The molecule has 3 heteroatoms. The van der Waals surface area contributed by atoms with Crippen LogP contribution in [-0.4, -0.2) is 17.2 Å². The molecule has 0 amide bonds. The lowest BCUT2D eigenvalue weighted by molar-refractivity contribution is 0.0109. The van der Waals surface area contributed by atoms with Gasteiger partial charge >= 0.3 is 5.97 Å². The van der Waals surface area contributed by atoms with Crippen LogP contribution >= 0.6 is 0 Å². The van der Waals surface area contributed by atoms with Crippen molar-refractivity contribution in [2.75, 3.05) is 0 Å². The Morgan fingerprint density at radius 2 is 2.04 bits per heavy atom. The van der Waals surface area contributed by atoms with E-state index in [9.17, 15) is 9.90 Å². The van der Waals surface area contributed by atoms with Crippen LogP contribution in [0, 0.1) is 16.7 Å². The van der Waals surface area contributed by atoms with Gasteiger partial charge in [-0.15, -0.1) is 0 Å². The smallest absolute Gasteiger partial charge is 0.338 e. The molecule has 3 nitrogen and oxygen atoms in total. The molecule has 0 heterocycles. The van der Waals surface area contributed by atoms with Crippen molar-refractivity contribution in [1.29, 1.82) is 0 Å². The molecule has 1 aliphatic carbocycles. The highest BCUT2D eigenvalue weighted by atomic mass is 16.5. The summed E-state index contributed by atoms with van der Waals surface area (Å²) < 4.78 is 5.72. The summed E-state index contributed by atoms with van der Waals surface area (Å²) in [5, 5.41) is 9.41. The first kappa shape index (κ1) is 20.4. The summed E-state index contributed by atoms with van der Waals surface area (Å²) in [6.07, 6.45) is 7.55. The summed E-state index contributed by atoms with van der Waals surface area (Å²) in [6, 6.07) is 7.02. The van der Waals surface area contributed by atoms with Crippen LogP contribution in [0.4, 0.5) is 0 Å². The Kier molecular flexibility index (Phi) is 6.13. The molecule has 0 aromatic heterocycles. The average Bonchev–Trinajstić information content (AvgIpc) is 2.85. The summed E-state index contributed by atoms with van der Waals surface area (Å²) in [6.45, 7) is 12.7. The first-order valence-electron chi connectivity index (χ1n) is 9.36. The molecule has 0 fully saturated rings. The third-order valence-corrected chi connectivity index (χ3v) is 6.12. The van der Waals surface area contributed by atoms with Gasteiger partial charge in [0.05, 0.1) is 12.2 Å². The van der Waals surface area contributed by atoms with E-state index in [0.29, 0.717) is 17.0 Å². The van der Waals surface area contributed by atoms with Crippen LogP contribution in [-0.2, 0) is 11.3 Å². The first-order valence-corrected chi connectivity index (χ1v) is 9.36. The summed E-state index contributed by atoms with van der Waals surface area (Å²) in [4.78, 5) is 12.5. The number of carbonyl (C=O) groups is 1. The number of benzene rings is 1. The summed E-state index contributed by atoms with van der Waals surface area (Å²) >= 11 is 0. The Morgan fingerprint density at radius 1 is 1.38 bits per heavy atom. The van der Waals surface area contributed by atoms with Gasteiger partial charge in [-0.2, -0.15) is 0 Å². The number of ether oxygens (including phenoxy) is 1. The minimum atomic E-state index is -0.387. The Morgan fingerprint density at radius 3 is 2.62 bits per heavy atom. The van der Waals surface area contributed by atoms with Crippen molar-refractivity contribution >= 4 is 5.97 Å². The van der Waals surface area contributed by atoms with Gasteiger partial charge in [-0.1, -0.05) is 69.7 Å². The molecule has 0 spiro atoms. The van der Waals surface area contributed by atoms with E-state index in [0.717, 1.165) is 6.42 Å². The van der Waals surface area contributed by atoms with Crippen LogP contribution in [0.1, 0.15) is 63.9 Å². The van der Waals surface area contributed by atoms with Gasteiger partial charge in [0, 0.05) is 5.41 Å². The fraction of sp³-hybridized carbons (Fsp3) is 0.522. The number of hydrogen-bond acceptors (Lipinski definition) is 3. The van der Waals surface area contributed by atoms with E-state index < -0.39 is 0 Å². The van der Waals surface area contributed by atoms with Crippen molar-refractivity contribution in [1.82, 2.24) is 0 Å². The number of allylic oxidation sites excluding steroid dienone is 3. The molecule has 0 saturated heterocycles. The zero-order chi connectivity index (χ0) is 19.5. The molecule has 26 heavy (non-hydrogen) atoms. The fourth-order valence-corrected chi connectivity index (χ4v) is 3.21. The van der Waals surface area contributed by atoms with Gasteiger partial charge in [0.1, 0.15) is 6.10 Å². The second kappa shape index (κ2) is 7.79. The summed E-state index contributed by atoms with van der Waals surface area (Å²) in [7, 11) is 0. The van der Waals surface area contributed by atoms with Crippen molar-refractivity contribution in [3.05, 3.63) is 59.2 Å². The first-order chi connectivity index (χ1) is 12.1. The van der Waals surface area contributed by atoms with E-state index >= 15 is 0 Å². The van der Waals surface area contributed by atoms with Gasteiger partial charge in [0.2, 0.25) is 0 Å². The predicted octanol–water partition coefficient (Wildman–Crippen LogP) is 5.30. The van der Waals surface area contributed by atoms with Crippen LogP contribution in [0.15, 0.2) is 48.1 Å². The predicted molar refractivity (Wildman–Crippen MR) is 106 cm³/mol. The molecule has 1 unspecified atom stereocenters. The highest BCUT2D eigenvalue weighted by Crippen LogP contribution is 2.44. The van der Waals surface area contributed by atoms with E-state index in [1.807, 2.05) is 6.92 Å². The second-order valence-corrected chi connectivity index (χ2v) is 8.49. The minimum absolute atomic E-state index is 0.173. The van der Waals surface area contributed by atoms with Crippen molar-refractivity contribution in [2.24, 2.45) is 16.7 Å². The third kappa shape index (κ3) is 4.27. The summed E-state index contributed by atoms with van der Waals surface area (Å²) in [5.41, 5.74) is 2.35. The van der Waals surface area contributed by atoms with Crippen molar-refractivity contribution < 1.29 is 14.6 Å². The van der Waals surface area contributed by atoms with Gasteiger partial charge in [-0.25, -0.2) is 4.79 Å². The van der Waals surface area contributed by atoms with Gasteiger partial charge < -0.3 is 9.84 Å². The van der Waals surface area contributed by atoms with Crippen LogP contribution in [0.2, 0.25) is 0 Å². The largest absolute Gasteiger partial charge is 0.458 e. The van der Waals surface area contributed by atoms with Crippen molar-refractivity contribution in [3.8, 4) is 0 Å².